The van der Waals surface area contributed by atoms with Gasteiger partial charge in [0.05, 0.1) is 0 Å². The minimum atomic E-state index is -2.13. The lowest BCUT2D eigenvalue weighted by Gasteiger charge is -2.36. The molecule has 0 fully saturated rings. The summed E-state index contributed by atoms with van der Waals surface area (Å²) in [6.45, 7) is 0. The van der Waals surface area contributed by atoms with E-state index in [-0.39, 0.29) is 0 Å². The molecule has 1 aliphatic heterocycles. The molecular formula is C34H25ClS. The van der Waals surface area contributed by atoms with Gasteiger partial charge in [-0.1, -0.05) is 159 Å². The van der Waals surface area contributed by atoms with Gasteiger partial charge in [0.1, 0.15) is 0 Å². The van der Waals surface area contributed by atoms with Gasteiger partial charge in [-0.25, -0.2) is 0 Å². The van der Waals surface area contributed by atoms with Crippen molar-refractivity contribution >= 4 is 40.9 Å². The molecule has 0 aromatic heterocycles. The van der Waals surface area contributed by atoms with Crippen molar-refractivity contribution in [2.45, 2.75) is 4.90 Å². The van der Waals surface area contributed by atoms with E-state index in [2.05, 4.69) is 152 Å². The van der Waals surface area contributed by atoms with Crippen LogP contribution in [-0.4, -0.2) is 0 Å². The Bertz CT molecular complexity index is 1440. The van der Waals surface area contributed by atoms with Crippen LogP contribution in [0.2, 0.25) is 0 Å². The summed E-state index contributed by atoms with van der Waals surface area (Å²) in [5.41, 5.74) is 7.08. The van der Waals surface area contributed by atoms with Crippen molar-refractivity contribution < 1.29 is 0 Å². The molecule has 0 aliphatic carbocycles. The largest absolute Gasteiger partial charge is 0.0785 e. The van der Waals surface area contributed by atoms with E-state index in [1.807, 2.05) is 0 Å². The zero-order valence-electron chi connectivity index (χ0n) is 19.7. The van der Waals surface area contributed by atoms with Crippen LogP contribution in [0.15, 0.2) is 157 Å². The molecule has 0 saturated heterocycles. The molecule has 0 amide bonds. The second kappa shape index (κ2) is 9.70. The average molecular weight is 501 g/mol. The molecule has 1 heterocycles. The van der Waals surface area contributed by atoms with Crippen molar-refractivity contribution in [1.29, 1.82) is 0 Å². The molecule has 0 saturated carbocycles. The highest BCUT2D eigenvalue weighted by Crippen LogP contribution is 2.84. The van der Waals surface area contributed by atoms with E-state index in [1.54, 1.807) is 0 Å². The van der Waals surface area contributed by atoms with Crippen molar-refractivity contribution in [3.63, 3.8) is 0 Å². The lowest BCUT2D eigenvalue weighted by atomic mass is 9.89. The molecule has 5 aromatic rings. The van der Waals surface area contributed by atoms with Gasteiger partial charge in [0.25, 0.3) is 0 Å². The molecule has 0 N–H and O–H groups in total. The summed E-state index contributed by atoms with van der Waals surface area (Å²) in [6, 6.07) is 53.4. The fourth-order valence-corrected chi connectivity index (χ4v) is 9.44. The van der Waals surface area contributed by atoms with E-state index in [1.165, 1.54) is 32.1 Å². The van der Waals surface area contributed by atoms with Gasteiger partial charge in [-0.05, 0) is 34.4 Å². The normalized spacial score (nSPS) is 15.7. The van der Waals surface area contributed by atoms with Gasteiger partial charge in [0, 0.05) is 25.9 Å². The van der Waals surface area contributed by atoms with Crippen LogP contribution >= 0.6 is 19.9 Å². The van der Waals surface area contributed by atoms with Crippen molar-refractivity contribution in [2.24, 2.45) is 0 Å². The number of benzene rings is 5. The molecule has 174 valence electrons. The van der Waals surface area contributed by atoms with Crippen molar-refractivity contribution in [3.05, 3.63) is 174 Å². The van der Waals surface area contributed by atoms with Crippen molar-refractivity contribution in [3.8, 4) is 0 Å². The third-order valence-corrected chi connectivity index (χ3v) is 10.9. The second-order valence-electron chi connectivity index (χ2n) is 8.72. The van der Waals surface area contributed by atoms with Gasteiger partial charge >= 0.3 is 0 Å². The van der Waals surface area contributed by atoms with Crippen LogP contribution in [0.25, 0.3) is 21.0 Å². The molecule has 5 aromatic carbocycles. The molecule has 36 heavy (non-hydrogen) atoms. The number of hydrogen-bond donors (Lipinski definition) is 0. The summed E-state index contributed by atoms with van der Waals surface area (Å²) in [6.07, 6.45) is 0. The Morgan fingerprint density at radius 3 is 0.944 bits per heavy atom. The van der Waals surface area contributed by atoms with E-state index in [4.69, 9.17) is 10.7 Å². The third kappa shape index (κ3) is 3.82. The fourth-order valence-electron chi connectivity index (χ4n) is 5.01. The molecule has 0 atom stereocenters. The van der Waals surface area contributed by atoms with E-state index in [0.717, 1.165) is 16.0 Å². The van der Waals surface area contributed by atoms with Crippen LogP contribution in [0.5, 0.6) is 0 Å². The van der Waals surface area contributed by atoms with Crippen molar-refractivity contribution in [2.75, 3.05) is 0 Å². The topological polar surface area (TPSA) is 0 Å². The summed E-state index contributed by atoms with van der Waals surface area (Å²) in [5, 5.41) is 0. The SMILES string of the molecule is ClS1(c2ccccc2)C(c2ccccc2)=C(c2ccccc2)C(c2ccccc2)=C1c1ccccc1. The maximum absolute atomic E-state index is 8.15. The lowest BCUT2D eigenvalue weighted by molar-refractivity contribution is 1.46. The molecule has 0 spiro atoms. The minimum absolute atomic E-state index is 1.14. The summed E-state index contributed by atoms with van der Waals surface area (Å²) in [5.74, 6) is 0. The number of halogens is 1. The Morgan fingerprint density at radius 2 is 0.611 bits per heavy atom. The van der Waals surface area contributed by atoms with Gasteiger partial charge in [-0.3, -0.25) is 0 Å². The Labute approximate surface area is 219 Å². The Hall–Kier alpha value is -3.78. The predicted molar refractivity (Wildman–Crippen MR) is 158 cm³/mol. The van der Waals surface area contributed by atoms with E-state index in [0.29, 0.717) is 0 Å². The molecule has 0 radical (unpaired) electrons. The van der Waals surface area contributed by atoms with Crippen molar-refractivity contribution in [1.82, 2.24) is 0 Å². The highest BCUT2D eigenvalue weighted by Gasteiger charge is 2.45. The van der Waals surface area contributed by atoms with Crippen LogP contribution in [0.4, 0.5) is 0 Å². The first-order valence-corrected chi connectivity index (χ1v) is 14.5. The number of rotatable bonds is 5. The number of hydrogen-bond acceptors (Lipinski definition) is 0. The fraction of sp³-hybridized carbons (Fsp3) is 0. The first kappa shape index (κ1) is 22.7. The minimum Gasteiger partial charge on any atom is -0.0785 e. The maximum Gasteiger partial charge on any atom is 0.0275 e. The zero-order valence-corrected chi connectivity index (χ0v) is 21.3. The Morgan fingerprint density at radius 1 is 0.333 bits per heavy atom. The molecule has 6 rings (SSSR count). The van der Waals surface area contributed by atoms with Gasteiger partial charge in [-0.15, -0.1) is 0 Å². The quantitative estimate of drug-likeness (QED) is 0.225. The van der Waals surface area contributed by atoms with Crippen LogP contribution in [0, 0.1) is 0 Å². The lowest BCUT2D eigenvalue weighted by Crippen LogP contribution is -1.98. The number of allylic oxidation sites excluding steroid dienone is 2. The standard InChI is InChI=1S/C34H25ClS/c35-36(30-24-14-5-15-25-30)33(28-20-10-3-11-21-28)31(26-16-6-1-7-17-26)32(27-18-8-2-9-19-27)34(36)29-22-12-4-13-23-29/h1-25H. The van der Waals surface area contributed by atoms with Gasteiger partial charge < -0.3 is 0 Å². The summed E-state index contributed by atoms with van der Waals surface area (Å²) >= 11 is 0. The van der Waals surface area contributed by atoms with E-state index in [9.17, 15) is 0 Å². The summed E-state index contributed by atoms with van der Waals surface area (Å²) in [4.78, 5) is 3.53. The predicted octanol–water partition coefficient (Wildman–Crippen LogP) is 10.2. The van der Waals surface area contributed by atoms with Crippen LogP contribution in [-0.2, 0) is 0 Å². The maximum atomic E-state index is 8.15. The molecule has 1 aliphatic rings. The van der Waals surface area contributed by atoms with Crippen LogP contribution in [0.3, 0.4) is 0 Å². The van der Waals surface area contributed by atoms with Gasteiger partial charge in [0.15, 0.2) is 0 Å². The highest BCUT2D eigenvalue weighted by atomic mass is 35.7. The first-order chi connectivity index (χ1) is 17.8. The summed E-state index contributed by atoms with van der Waals surface area (Å²) < 4.78 is 0. The van der Waals surface area contributed by atoms with E-state index < -0.39 is 9.24 Å². The monoisotopic (exact) mass is 500 g/mol. The van der Waals surface area contributed by atoms with E-state index >= 15 is 0 Å². The Balaban J connectivity index is 1.82. The average Bonchev–Trinajstić information content (AvgIpc) is 3.25. The zero-order chi connectivity index (χ0) is 24.4. The third-order valence-electron chi connectivity index (χ3n) is 6.53. The molecule has 0 unspecified atom stereocenters. The highest BCUT2D eigenvalue weighted by molar-refractivity contribution is 8.63. The molecule has 0 nitrogen and oxygen atoms in total. The summed E-state index contributed by atoms with van der Waals surface area (Å²) in [7, 11) is 6.02. The second-order valence-corrected chi connectivity index (χ2v) is 12.5. The first-order valence-electron chi connectivity index (χ1n) is 12.1. The van der Waals surface area contributed by atoms with Crippen LogP contribution in [0.1, 0.15) is 22.3 Å². The smallest absolute Gasteiger partial charge is 0.0275 e. The van der Waals surface area contributed by atoms with Gasteiger partial charge in [-0.2, -0.15) is 0 Å². The molecule has 2 heteroatoms. The van der Waals surface area contributed by atoms with Gasteiger partial charge in [0.2, 0.25) is 0 Å². The Kier molecular flexibility index (Phi) is 6.11. The molecular weight excluding hydrogens is 476 g/mol. The molecule has 0 bridgehead atoms. The van der Waals surface area contributed by atoms with Crippen LogP contribution < -0.4 is 0 Å².